The van der Waals surface area contributed by atoms with Crippen molar-refractivity contribution in [1.29, 1.82) is 0 Å². The molecule has 0 bridgehead atoms. The molecule has 0 aliphatic heterocycles. The maximum atomic E-state index is 9.24. The molecule has 13 heavy (non-hydrogen) atoms. The number of carbonyl (C=O) groups is 2. The molecule has 0 atom stereocenters. The van der Waals surface area contributed by atoms with E-state index in [1.165, 1.54) is 0 Å². The number of hydrogen-bond donors (Lipinski definition) is 4. The van der Waals surface area contributed by atoms with Crippen LogP contribution in [-0.4, -0.2) is 35.2 Å². The summed E-state index contributed by atoms with van der Waals surface area (Å²) in [5, 5.41) is 15.2. The zero-order chi connectivity index (χ0) is 8.57. The summed E-state index contributed by atoms with van der Waals surface area (Å²) in [6.07, 6.45) is 0. The maximum Gasteiger partial charge on any atom is 2.00 e. The molecule has 0 saturated heterocycles. The van der Waals surface area contributed by atoms with Crippen LogP contribution in [0, 0.1) is 14.9 Å². The number of nitrogens with two attached hydrogens (primary N) is 2. The molecule has 0 heterocycles. The average molecular weight is 246 g/mol. The van der Waals surface area contributed by atoms with E-state index in [1.807, 2.05) is 0 Å². The quantitative estimate of drug-likeness (QED) is 0.363. The van der Waals surface area contributed by atoms with Gasteiger partial charge < -0.3 is 36.5 Å². The summed E-state index contributed by atoms with van der Waals surface area (Å²) >= 11 is 0. The topological polar surface area (TPSA) is 127 Å². The predicted molar refractivity (Wildman–Crippen MR) is 46.2 cm³/mol. The second-order valence-electron chi connectivity index (χ2n) is 1.20. The van der Waals surface area contributed by atoms with Gasteiger partial charge in [0.15, 0.2) is 0 Å². The first-order valence-corrected chi connectivity index (χ1v) is 2.38. The van der Waals surface area contributed by atoms with E-state index in [1.54, 1.807) is 0 Å². The van der Waals surface area contributed by atoms with Gasteiger partial charge in [0.1, 0.15) is 0 Å². The molecule has 0 rings (SSSR count). The molecule has 0 aromatic heterocycles. The molecule has 6 nitrogen and oxygen atoms in total. The Labute approximate surface area is 91.1 Å². The van der Waals surface area contributed by atoms with Crippen LogP contribution in [0.3, 0.4) is 0 Å². The molecule has 0 aliphatic rings. The van der Waals surface area contributed by atoms with E-state index in [4.69, 9.17) is 10.2 Å². The van der Waals surface area contributed by atoms with Gasteiger partial charge in [-0.25, -0.2) is 0 Å². The molecular formula is C6H16N2O4Zn. The Morgan fingerprint density at radius 1 is 0.923 bits per heavy atom. The average Bonchev–Trinajstić information content (AvgIpc) is 1.89. The minimum Gasteiger partial charge on any atom is -0.480 e. The van der Waals surface area contributed by atoms with Crippen molar-refractivity contribution in [2.75, 3.05) is 13.1 Å². The van der Waals surface area contributed by atoms with Crippen LogP contribution < -0.4 is 11.5 Å². The van der Waals surface area contributed by atoms with Gasteiger partial charge in [0.05, 0.1) is 13.1 Å². The molecule has 0 saturated carbocycles. The maximum absolute atomic E-state index is 9.24. The summed E-state index contributed by atoms with van der Waals surface area (Å²) in [6.45, 7) is -0.556. The fourth-order valence-corrected chi connectivity index (χ4v) is 0. The van der Waals surface area contributed by atoms with E-state index in [-0.39, 0.29) is 47.4 Å². The van der Waals surface area contributed by atoms with Crippen LogP contribution in [0.2, 0.25) is 0 Å². The van der Waals surface area contributed by atoms with Crippen molar-refractivity contribution in [2.24, 2.45) is 11.5 Å². The predicted octanol–water partition coefficient (Wildman–Crippen LogP) is -1.04. The molecule has 6 N–H and O–H groups in total. The molecule has 0 amide bonds. The number of carboxylic acids is 2. The van der Waals surface area contributed by atoms with Crippen molar-refractivity contribution in [3.63, 3.8) is 0 Å². The van der Waals surface area contributed by atoms with Gasteiger partial charge in [-0.3, -0.25) is 9.59 Å². The summed E-state index contributed by atoms with van der Waals surface area (Å²) in [5.41, 5.74) is 9.14. The van der Waals surface area contributed by atoms with Crippen molar-refractivity contribution in [3.05, 3.63) is 14.9 Å². The van der Waals surface area contributed by atoms with Crippen molar-refractivity contribution in [3.8, 4) is 0 Å². The van der Waals surface area contributed by atoms with Crippen LogP contribution in [0.1, 0.15) is 0 Å². The summed E-state index contributed by atoms with van der Waals surface area (Å²) in [6, 6.07) is 0. The molecular weight excluding hydrogens is 229 g/mol. The summed E-state index contributed by atoms with van der Waals surface area (Å²) < 4.78 is 0. The van der Waals surface area contributed by atoms with Crippen LogP contribution in [0.15, 0.2) is 0 Å². The minimum absolute atomic E-state index is 0. The number of aliphatic carboxylic acids is 2. The Balaban J connectivity index is -0.0000000267. The first-order chi connectivity index (χ1) is 4.54. The third-order valence-corrected chi connectivity index (χ3v) is 0.349. The first kappa shape index (κ1) is 29.4. The second kappa shape index (κ2) is 22.5. The summed E-state index contributed by atoms with van der Waals surface area (Å²) in [5.74, 6) is -1.94. The van der Waals surface area contributed by atoms with Gasteiger partial charge in [0.2, 0.25) is 0 Å². The number of carboxylic acid groups (broad SMARTS) is 2. The van der Waals surface area contributed by atoms with Crippen molar-refractivity contribution in [1.82, 2.24) is 0 Å². The molecule has 0 aromatic carbocycles. The fraction of sp³-hybridized carbons (Fsp3) is 0.333. The zero-order valence-corrected chi connectivity index (χ0v) is 11.0. The van der Waals surface area contributed by atoms with Gasteiger partial charge >= 0.3 is 31.4 Å². The van der Waals surface area contributed by atoms with Crippen molar-refractivity contribution >= 4 is 11.9 Å². The third-order valence-electron chi connectivity index (χ3n) is 0.349. The van der Waals surface area contributed by atoms with E-state index >= 15 is 0 Å². The molecule has 0 spiro atoms. The van der Waals surface area contributed by atoms with E-state index in [0.29, 0.717) is 0 Å². The molecule has 7 heteroatoms. The standard InChI is InChI=1S/2C2H5NO2.2CH3.Zn/c2*3-1-2(4)5;;;/h2*1,3H2,(H,4,5);2*1H3;/q;;2*-1;+2. The minimum atomic E-state index is -0.968. The van der Waals surface area contributed by atoms with Gasteiger partial charge in [0.25, 0.3) is 0 Å². The molecule has 0 unspecified atom stereocenters. The second-order valence-corrected chi connectivity index (χ2v) is 1.20. The van der Waals surface area contributed by atoms with Gasteiger partial charge in [-0.05, 0) is 0 Å². The van der Waals surface area contributed by atoms with E-state index in [9.17, 15) is 9.59 Å². The molecule has 0 fully saturated rings. The fourth-order valence-electron chi connectivity index (χ4n) is 0. The number of rotatable bonds is 2. The normalized spacial score (nSPS) is 5.69. The zero-order valence-electron chi connectivity index (χ0n) is 7.99. The van der Waals surface area contributed by atoms with Crippen molar-refractivity contribution in [2.45, 2.75) is 0 Å². The largest absolute Gasteiger partial charge is 2.00 e. The smallest absolute Gasteiger partial charge is 0.480 e. The molecule has 0 aromatic rings. The Morgan fingerprint density at radius 2 is 1.00 bits per heavy atom. The van der Waals surface area contributed by atoms with Crippen LogP contribution >= 0.6 is 0 Å². The van der Waals surface area contributed by atoms with Crippen LogP contribution in [-0.2, 0) is 29.1 Å². The van der Waals surface area contributed by atoms with E-state index in [0.717, 1.165) is 0 Å². The Bertz CT molecular complexity index is 107. The van der Waals surface area contributed by atoms with Gasteiger partial charge in [0, 0.05) is 0 Å². The van der Waals surface area contributed by atoms with E-state index in [2.05, 4.69) is 11.5 Å². The van der Waals surface area contributed by atoms with Crippen LogP contribution in [0.5, 0.6) is 0 Å². The first-order valence-electron chi connectivity index (χ1n) is 2.38. The molecule has 0 radical (unpaired) electrons. The van der Waals surface area contributed by atoms with Crippen LogP contribution in [0.25, 0.3) is 0 Å². The Hall–Kier alpha value is -0.517. The van der Waals surface area contributed by atoms with Gasteiger partial charge in [-0.1, -0.05) is 0 Å². The third kappa shape index (κ3) is 85.1. The van der Waals surface area contributed by atoms with E-state index < -0.39 is 11.9 Å². The molecule has 76 valence electrons. The van der Waals surface area contributed by atoms with Crippen LogP contribution in [0.4, 0.5) is 0 Å². The Kier molecular flexibility index (Phi) is 51.0. The summed E-state index contributed by atoms with van der Waals surface area (Å²) in [4.78, 5) is 18.5. The van der Waals surface area contributed by atoms with Crippen molar-refractivity contribution < 1.29 is 39.3 Å². The monoisotopic (exact) mass is 244 g/mol. The van der Waals surface area contributed by atoms with Gasteiger partial charge in [-0.15, -0.1) is 0 Å². The number of hydrogen-bond acceptors (Lipinski definition) is 4. The SMILES string of the molecule is NCC(=O)O.NCC(=O)O.[CH3-].[CH3-].[Zn+2]. The summed E-state index contributed by atoms with van der Waals surface area (Å²) in [7, 11) is 0. The van der Waals surface area contributed by atoms with Gasteiger partial charge in [-0.2, -0.15) is 0 Å². The molecule has 0 aliphatic carbocycles. The Morgan fingerprint density at radius 3 is 1.00 bits per heavy atom.